The van der Waals surface area contributed by atoms with Crippen LogP contribution in [0, 0.1) is 5.92 Å². The number of carbonyl (C=O) groups excluding carboxylic acids is 1. The molecule has 1 saturated carbocycles. The smallest absolute Gasteiger partial charge is 0.229 e. The van der Waals surface area contributed by atoms with Crippen LogP contribution in [0.15, 0.2) is 18.2 Å². The van der Waals surface area contributed by atoms with Crippen molar-refractivity contribution >= 4 is 52.1 Å². The van der Waals surface area contributed by atoms with E-state index in [4.69, 9.17) is 35.4 Å². The average Bonchev–Trinajstić information content (AvgIpc) is 3.06. The van der Waals surface area contributed by atoms with Crippen molar-refractivity contribution < 1.29 is 4.79 Å². The van der Waals surface area contributed by atoms with Gasteiger partial charge in [0.05, 0.1) is 10.0 Å². The molecule has 0 aromatic heterocycles. The van der Waals surface area contributed by atoms with Crippen LogP contribution in [0.1, 0.15) is 12.8 Å². The first-order valence-corrected chi connectivity index (χ1v) is 6.29. The zero-order chi connectivity index (χ0) is 12.4. The molecule has 0 atom stereocenters. The van der Waals surface area contributed by atoms with Gasteiger partial charge in [0, 0.05) is 11.6 Å². The Morgan fingerprint density at radius 3 is 2.59 bits per heavy atom. The highest BCUT2D eigenvalue weighted by molar-refractivity contribution is 7.80. The molecule has 1 aliphatic rings. The summed E-state index contributed by atoms with van der Waals surface area (Å²) in [7, 11) is 0. The molecule has 2 N–H and O–H groups in total. The van der Waals surface area contributed by atoms with Crippen LogP contribution in [0.4, 0.5) is 5.69 Å². The molecule has 1 aliphatic carbocycles. The molecule has 90 valence electrons. The van der Waals surface area contributed by atoms with Gasteiger partial charge in [-0.05, 0) is 43.3 Å². The average molecular weight is 289 g/mol. The second kappa shape index (κ2) is 5.21. The fourth-order valence-electron chi connectivity index (χ4n) is 1.30. The Bertz CT molecular complexity index is 475. The van der Waals surface area contributed by atoms with Crippen molar-refractivity contribution in [1.29, 1.82) is 0 Å². The molecule has 1 aromatic rings. The minimum Gasteiger partial charge on any atom is -0.332 e. The quantitative estimate of drug-likeness (QED) is 0.821. The highest BCUT2D eigenvalue weighted by Gasteiger charge is 2.29. The molecule has 1 fully saturated rings. The molecule has 0 unspecified atom stereocenters. The van der Waals surface area contributed by atoms with Gasteiger partial charge in [0.1, 0.15) is 0 Å². The van der Waals surface area contributed by atoms with Gasteiger partial charge in [-0.15, -0.1) is 0 Å². The zero-order valence-electron chi connectivity index (χ0n) is 8.80. The van der Waals surface area contributed by atoms with Crippen molar-refractivity contribution in [1.82, 2.24) is 5.32 Å². The van der Waals surface area contributed by atoms with Crippen molar-refractivity contribution in [2.75, 3.05) is 5.32 Å². The number of nitrogens with one attached hydrogen (secondary N) is 2. The van der Waals surface area contributed by atoms with Gasteiger partial charge in [0.15, 0.2) is 5.11 Å². The summed E-state index contributed by atoms with van der Waals surface area (Å²) in [5, 5.41) is 6.70. The van der Waals surface area contributed by atoms with Crippen molar-refractivity contribution in [2.24, 2.45) is 5.92 Å². The Labute approximate surface area is 114 Å². The van der Waals surface area contributed by atoms with E-state index in [1.54, 1.807) is 18.2 Å². The predicted octanol–water partition coefficient (Wildman–Crippen LogP) is 3.22. The highest BCUT2D eigenvalue weighted by atomic mass is 35.5. The van der Waals surface area contributed by atoms with Gasteiger partial charge in [-0.1, -0.05) is 23.2 Å². The standard InChI is InChI=1S/C11H10Cl2N2OS/c12-8-4-3-7(5-9(8)13)14-11(17)15-10(16)6-1-2-6/h3-6H,1-2H2,(H2,14,15,16,17). The van der Waals surface area contributed by atoms with E-state index < -0.39 is 0 Å². The van der Waals surface area contributed by atoms with Crippen molar-refractivity contribution in [3.05, 3.63) is 28.2 Å². The molecule has 0 heterocycles. The van der Waals surface area contributed by atoms with Crippen molar-refractivity contribution in [2.45, 2.75) is 12.8 Å². The fourth-order valence-corrected chi connectivity index (χ4v) is 1.81. The first kappa shape index (κ1) is 12.6. The number of thiocarbonyl (C=S) groups is 1. The summed E-state index contributed by atoms with van der Waals surface area (Å²) in [6.07, 6.45) is 1.89. The topological polar surface area (TPSA) is 41.1 Å². The van der Waals surface area contributed by atoms with E-state index in [0.717, 1.165) is 12.8 Å². The van der Waals surface area contributed by atoms with Gasteiger partial charge in [-0.25, -0.2) is 0 Å². The lowest BCUT2D eigenvalue weighted by molar-refractivity contribution is -0.120. The van der Waals surface area contributed by atoms with E-state index in [0.29, 0.717) is 15.7 Å². The maximum atomic E-state index is 11.4. The number of hydrogen-bond donors (Lipinski definition) is 2. The number of hydrogen-bond acceptors (Lipinski definition) is 2. The number of amides is 1. The monoisotopic (exact) mass is 288 g/mol. The maximum Gasteiger partial charge on any atom is 0.229 e. The Hall–Kier alpha value is -0.840. The lowest BCUT2D eigenvalue weighted by Crippen LogP contribution is -2.35. The molecule has 6 heteroatoms. The van der Waals surface area contributed by atoms with Gasteiger partial charge < -0.3 is 10.6 Å². The first-order chi connectivity index (χ1) is 8.06. The Morgan fingerprint density at radius 2 is 2.00 bits per heavy atom. The van der Waals surface area contributed by atoms with E-state index in [-0.39, 0.29) is 16.9 Å². The predicted molar refractivity (Wildman–Crippen MR) is 73.5 cm³/mol. The molecule has 1 aromatic carbocycles. The van der Waals surface area contributed by atoms with E-state index in [9.17, 15) is 4.79 Å². The van der Waals surface area contributed by atoms with E-state index >= 15 is 0 Å². The molecule has 2 rings (SSSR count). The summed E-state index contributed by atoms with van der Waals surface area (Å²) in [5.41, 5.74) is 0.695. The first-order valence-electron chi connectivity index (χ1n) is 5.13. The molecule has 0 aliphatic heterocycles. The molecular formula is C11H10Cl2N2OS. The fraction of sp³-hybridized carbons (Fsp3) is 0.273. The highest BCUT2D eigenvalue weighted by Crippen LogP contribution is 2.29. The SMILES string of the molecule is O=C(NC(=S)Nc1ccc(Cl)c(Cl)c1)C1CC1. The lowest BCUT2D eigenvalue weighted by Gasteiger charge is -2.09. The summed E-state index contributed by atoms with van der Waals surface area (Å²) < 4.78 is 0. The number of benzene rings is 1. The van der Waals surface area contributed by atoms with Crippen LogP contribution in [-0.2, 0) is 4.79 Å². The number of anilines is 1. The molecule has 0 spiro atoms. The Morgan fingerprint density at radius 1 is 1.29 bits per heavy atom. The van der Waals surface area contributed by atoms with Gasteiger partial charge in [0.2, 0.25) is 5.91 Å². The van der Waals surface area contributed by atoms with Gasteiger partial charge >= 0.3 is 0 Å². The van der Waals surface area contributed by atoms with Crippen LogP contribution in [-0.4, -0.2) is 11.0 Å². The third-order valence-electron chi connectivity index (χ3n) is 2.36. The number of carbonyl (C=O) groups is 1. The van der Waals surface area contributed by atoms with E-state index in [2.05, 4.69) is 10.6 Å². The molecule has 1 amide bonds. The minimum absolute atomic E-state index is 0.0254. The lowest BCUT2D eigenvalue weighted by atomic mass is 10.3. The van der Waals surface area contributed by atoms with Crippen molar-refractivity contribution in [3.8, 4) is 0 Å². The Kier molecular flexibility index (Phi) is 3.86. The third kappa shape index (κ3) is 3.56. The summed E-state index contributed by atoms with van der Waals surface area (Å²) in [6.45, 7) is 0. The second-order valence-electron chi connectivity index (χ2n) is 3.85. The van der Waals surface area contributed by atoms with Crippen LogP contribution in [0.3, 0.4) is 0 Å². The van der Waals surface area contributed by atoms with Crippen LogP contribution >= 0.6 is 35.4 Å². The van der Waals surface area contributed by atoms with Gasteiger partial charge in [-0.2, -0.15) is 0 Å². The number of halogens is 2. The summed E-state index contributed by atoms with van der Waals surface area (Å²) in [6, 6.07) is 5.06. The zero-order valence-corrected chi connectivity index (χ0v) is 11.1. The largest absolute Gasteiger partial charge is 0.332 e. The van der Waals surface area contributed by atoms with Crippen molar-refractivity contribution in [3.63, 3.8) is 0 Å². The van der Waals surface area contributed by atoms with Gasteiger partial charge in [-0.3, -0.25) is 4.79 Å². The summed E-state index contributed by atoms with van der Waals surface area (Å²) in [4.78, 5) is 11.4. The normalized spacial score (nSPS) is 14.2. The Balaban J connectivity index is 1.92. The van der Waals surface area contributed by atoms with Crippen LogP contribution < -0.4 is 10.6 Å². The second-order valence-corrected chi connectivity index (χ2v) is 5.07. The van der Waals surface area contributed by atoms with E-state index in [1.807, 2.05) is 0 Å². The molecule has 17 heavy (non-hydrogen) atoms. The third-order valence-corrected chi connectivity index (χ3v) is 3.31. The molecule has 0 saturated heterocycles. The van der Waals surface area contributed by atoms with Gasteiger partial charge in [0.25, 0.3) is 0 Å². The molecule has 0 radical (unpaired) electrons. The van der Waals surface area contributed by atoms with Crippen LogP contribution in [0.25, 0.3) is 0 Å². The number of rotatable bonds is 2. The molecular weight excluding hydrogens is 279 g/mol. The molecule has 3 nitrogen and oxygen atoms in total. The molecule has 0 bridgehead atoms. The minimum atomic E-state index is -0.0254. The van der Waals surface area contributed by atoms with E-state index in [1.165, 1.54) is 0 Å². The summed E-state index contributed by atoms with van der Waals surface area (Å²) in [5.74, 6) is 0.103. The van der Waals surface area contributed by atoms with Crippen LogP contribution in [0.2, 0.25) is 10.0 Å². The maximum absolute atomic E-state index is 11.4. The summed E-state index contributed by atoms with van der Waals surface area (Å²) >= 11 is 16.7. The van der Waals surface area contributed by atoms with Crippen LogP contribution in [0.5, 0.6) is 0 Å².